The molecule has 0 spiro atoms. The lowest BCUT2D eigenvalue weighted by atomic mass is 10.0. The number of nitrogens with one attached hydrogen (secondary N) is 1. The number of aryl methyl sites for hydroxylation is 2. The van der Waals surface area contributed by atoms with Crippen LogP contribution in [0.1, 0.15) is 18.2 Å². The van der Waals surface area contributed by atoms with Crippen molar-refractivity contribution in [2.75, 3.05) is 0 Å². The maximum Gasteiger partial charge on any atom is 0.0977 e. The largest absolute Gasteiger partial charge is 0.343 e. The minimum atomic E-state index is 0.907. The maximum atomic E-state index is 4.61. The molecule has 3 heterocycles. The maximum absolute atomic E-state index is 4.61. The average Bonchev–Trinajstić information content (AvgIpc) is 3.10. The molecule has 0 amide bonds. The molecule has 4 aromatic rings. The zero-order valence-corrected chi connectivity index (χ0v) is 13.7. The van der Waals surface area contributed by atoms with Crippen LogP contribution < -0.4 is 0 Å². The molecule has 4 nitrogen and oxygen atoms in total. The van der Waals surface area contributed by atoms with Crippen molar-refractivity contribution in [3.63, 3.8) is 0 Å². The molecule has 0 atom stereocenters. The van der Waals surface area contributed by atoms with E-state index >= 15 is 0 Å². The fourth-order valence-corrected chi connectivity index (χ4v) is 3.05. The van der Waals surface area contributed by atoms with Crippen LogP contribution >= 0.6 is 0 Å². The molecule has 1 N–H and O–H groups in total. The first kappa shape index (κ1) is 14.6. The summed E-state index contributed by atoms with van der Waals surface area (Å²) in [5.74, 6) is 0. The summed E-state index contributed by atoms with van der Waals surface area (Å²) in [4.78, 5) is 16.9. The van der Waals surface area contributed by atoms with E-state index in [4.69, 9.17) is 0 Å². The van der Waals surface area contributed by atoms with Gasteiger partial charge in [0.1, 0.15) is 0 Å². The van der Waals surface area contributed by atoms with E-state index in [1.165, 1.54) is 10.9 Å². The van der Waals surface area contributed by atoms with Gasteiger partial charge in [0.15, 0.2) is 0 Å². The lowest BCUT2D eigenvalue weighted by Crippen LogP contribution is -1.91. The van der Waals surface area contributed by atoms with E-state index < -0.39 is 0 Å². The Balaban J connectivity index is 1.89. The smallest absolute Gasteiger partial charge is 0.0977 e. The summed E-state index contributed by atoms with van der Waals surface area (Å²) < 4.78 is 0. The molecule has 3 aromatic heterocycles. The number of benzene rings is 1. The Morgan fingerprint density at radius 2 is 1.96 bits per heavy atom. The van der Waals surface area contributed by atoms with Gasteiger partial charge in [-0.15, -0.1) is 0 Å². The predicted molar refractivity (Wildman–Crippen MR) is 96.7 cm³/mol. The third kappa shape index (κ3) is 2.46. The average molecular weight is 314 g/mol. The first-order valence-electron chi connectivity index (χ1n) is 8.11. The standard InChI is InChI=1S/C20H18N4/c1-3-14-9-10-21-17-8-7-15(11-16(14)17)19-20(23-12-22-19)18-6-4-5-13(2)24-18/h4-12H,3H2,1-2H3,(H,22,23). The van der Waals surface area contributed by atoms with Crippen LogP contribution in [0.4, 0.5) is 0 Å². The number of imidazole rings is 1. The third-order valence-electron chi connectivity index (χ3n) is 4.27. The lowest BCUT2D eigenvalue weighted by molar-refractivity contribution is 1.15. The van der Waals surface area contributed by atoms with Gasteiger partial charge in [-0.25, -0.2) is 4.98 Å². The first-order chi connectivity index (χ1) is 11.8. The van der Waals surface area contributed by atoms with Gasteiger partial charge in [-0.2, -0.15) is 0 Å². The zero-order valence-electron chi connectivity index (χ0n) is 13.7. The van der Waals surface area contributed by atoms with E-state index in [1.807, 2.05) is 31.3 Å². The molecule has 1 aromatic carbocycles. The van der Waals surface area contributed by atoms with E-state index in [0.29, 0.717) is 0 Å². The van der Waals surface area contributed by atoms with Crippen LogP contribution in [0.3, 0.4) is 0 Å². The summed E-state index contributed by atoms with van der Waals surface area (Å²) >= 11 is 0. The topological polar surface area (TPSA) is 54.5 Å². The number of fused-ring (bicyclic) bond motifs is 1. The van der Waals surface area contributed by atoms with E-state index in [9.17, 15) is 0 Å². The molecule has 4 heteroatoms. The number of pyridine rings is 2. The molecule has 0 saturated heterocycles. The Bertz CT molecular complexity index is 1020. The highest BCUT2D eigenvalue weighted by Crippen LogP contribution is 2.30. The molecule has 24 heavy (non-hydrogen) atoms. The lowest BCUT2D eigenvalue weighted by Gasteiger charge is -2.07. The summed E-state index contributed by atoms with van der Waals surface area (Å²) in [7, 11) is 0. The van der Waals surface area contributed by atoms with Gasteiger partial charge in [0.05, 0.1) is 28.9 Å². The quantitative estimate of drug-likeness (QED) is 0.603. The van der Waals surface area contributed by atoms with Crippen LogP contribution in [0.2, 0.25) is 0 Å². The van der Waals surface area contributed by atoms with Crippen molar-refractivity contribution in [1.29, 1.82) is 0 Å². The highest BCUT2D eigenvalue weighted by atomic mass is 14.9. The van der Waals surface area contributed by atoms with Crippen molar-refractivity contribution in [2.24, 2.45) is 0 Å². The zero-order chi connectivity index (χ0) is 16.5. The number of aromatic amines is 1. The minimum absolute atomic E-state index is 0.907. The summed E-state index contributed by atoms with van der Waals surface area (Å²) in [6.45, 7) is 4.16. The molecule has 0 aliphatic rings. The van der Waals surface area contributed by atoms with Crippen LogP contribution in [0.15, 0.2) is 55.0 Å². The Labute approximate surface area is 140 Å². The highest BCUT2D eigenvalue weighted by Gasteiger charge is 2.13. The number of nitrogens with zero attached hydrogens (tertiary/aromatic N) is 3. The fourth-order valence-electron chi connectivity index (χ4n) is 3.05. The second-order valence-electron chi connectivity index (χ2n) is 5.85. The number of aromatic nitrogens is 4. The van der Waals surface area contributed by atoms with E-state index in [1.54, 1.807) is 6.33 Å². The van der Waals surface area contributed by atoms with Crippen molar-refractivity contribution in [2.45, 2.75) is 20.3 Å². The molecular formula is C20H18N4. The minimum Gasteiger partial charge on any atom is -0.343 e. The number of H-pyrrole nitrogens is 1. The number of rotatable bonds is 3. The van der Waals surface area contributed by atoms with Gasteiger partial charge < -0.3 is 4.98 Å². The van der Waals surface area contributed by atoms with Gasteiger partial charge in [-0.05, 0) is 49.2 Å². The summed E-state index contributed by atoms with van der Waals surface area (Å²) in [6.07, 6.45) is 4.58. The van der Waals surface area contributed by atoms with Gasteiger partial charge in [0, 0.05) is 22.8 Å². The second kappa shape index (κ2) is 5.89. The van der Waals surface area contributed by atoms with Crippen molar-refractivity contribution in [3.8, 4) is 22.6 Å². The van der Waals surface area contributed by atoms with Crippen LogP contribution in [-0.2, 0) is 6.42 Å². The fraction of sp³-hybridized carbons (Fsp3) is 0.150. The monoisotopic (exact) mass is 314 g/mol. The second-order valence-corrected chi connectivity index (χ2v) is 5.85. The van der Waals surface area contributed by atoms with Crippen molar-refractivity contribution >= 4 is 10.9 Å². The molecule has 0 saturated carbocycles. The van der Waals surface area contributed by atoms with E-state index in [0.717, 1.165) is 40.3 Å². The van der Waals surface area contributed by atoms with Gasteiger partial charge in [-0.1, -0.05) is 19.1 Å². The Hall–Kier alpha value is -3.01. The van der Waals surface area contributed by atoms with Crippen molar-refractivity contribution in [3.05, 3.63) is 66.2 Å². The van der Waals surface area contributed by atoms with Gasteiger partial charge in [-0.3, -0.25) is 9.97 Å². The summed E-state index contributed by atoms with van der Waals surface area (Å²) in [6, 6.07) is 14.4. The highest BCUT2D eigenvalue weighted by molar-refractivity contribution is 5.88. The predicted octanol–water partition coefficient (Wildman–Crippen LogP) is 4.56. The van der Waals surface area contributed by atoms with E-state index in [2.05, 4.69) is 51.1 Å². The van der Waals surface area contributed by atoms with Crippen LogP contribution in [0, 0.1) is 6.92 Å². The molecule has 0 aliphatic heterocycles. The number of hydrogen-bond donors (Lipinski definition) is 1. The normalized spacial score (nSPS) is 11.1. The summed E-state index contributed by atoms with van der Waals surface area (Å²) in [5.41, 5.74) is 7.15. The summed E-state index contributed by atoms with van der Waals surface area (Å²) in [5, 5.41) is 1.18. The molecule has 0 aliphatic carbocycles. The molecule has 0 unspecified atom stereocenters. The molecule has 118 valence electrons. The van der Waals surface area contributed by atoms with Crippen LogP contribution in [0.5, 0.6) is 0 Å². The van der Waals surface area contributed by atoms with Gasteiger partial charge in [0.25, 0.3) is 0 Å². The van der Waals surface area contributed by atoms with Crippen LogP contribution in [0.25, 0.3) is 33.5 Å². The Kier molecular flexibility index (Phi) is 3.58. The SMILES string of the molecule is CCc1ccnc2ccc(-c3nc[nH]c3-c3cccc(C)n3)cc12. The first-order valence-corrected chi connectivity index (χ1v) is 8.11. The van der Waals surface area contributed by atoms with Gasteiger partial charge in [0.2, 0.25) is 0 Å². The van der Waals surface area contributed by atoms with Crippen molar-refractivity contribution < 1.29 is 0 Å². The molecule has 0 radical (unpaired) electrons. The molecular weight excluding hydrogens is 296 g/mol. The third-order valence-corrected chi connectivity index (χ3v) is 4.27. The molecule has 0 bridgehead atoms. The number of hydrogen-bond acceptors (Lipinski definition) is 3. The Morgan fingerprint density at radius 3 is 2.79 bits per heavy atom. The van der Waals surface area contributed by atoms with Crippen LogP contribution in [-0.4, -0.2) is 19.9 Å². The Morgan fingerprint density at radius 1 is 1.04 bits per heavy atom. The van der Waals surface area contributed by atoms with Crippen molar-refractivity contribution in [1.82, 2.24) is 19.9 Å². The molecule has 4 rings (SSSR count). The van der Waals surface area contributed by atoms with E-state index in [-0.39, 0.29) is 0 Å². The van der Waals surface area contributed by atoms with Gasteiger partial charge >= 0.3 is 0 Å². The molecule has 0 fully saturated rings.